The first-order valence-electron chi connectivity index (χ1n) is 11.2. The summed E-state index contributed by atoms with van der Waals surface area (Å²) in [5.41, 5.74) is 4.91. The van der Waals surface area contributed by atoms with Crippen molar-refractivity contribution in [1.82, 2.24) is 20.0 Å². The Bertz CT molecular complexity index is 1010. The van der Waals surface area contributed by atoms with Crippen molar-refractivity contribution in [3.63, 3.8) is 0 Å². The zero-order valence-corrected chi connectivity index (χ0v) is 17.8. The highest BCUT2D eigenvalue weighted by Crippen LogP contribution is 2.30. The minimum absolute atomic E-state index is 0.0429. The highest BCUT2D eigenvalue weighted by Gasteiger charge is 2.28. The predicted octanol–water partition coefficient (Wildman–Crippen LogP) is 3.84. The van der Waals surface area contributed by atoms with E-state index in [1.807, 2.05) is 23.2 Å². The van der Waals surface area contributed by atoms with E-state index in [2.05, 4.69) is 68.5 Å². The normalized spacial score (nSPS) is 18.5. The van der Waals surface area contributed by atoms with Crippen LogP contribution in [0.3, 0.4) is 0 Å². The zero-order valence-electron chi connectivity index (χ0n) is 17.8. The highest BCUT2D eigenvalue weighted by molar-refractivity contribution is 5.75. The summed E-state index contributed by atoms with van der Waals surface area (Å²) in [7, 11) is 0. The van der Waals surface area contributed by atoms with Crippen LogP contribution in [-0.2, 0) is 13.0 Å². The lowest BCUT2D eigenvalue weighted by Gasteiger charge is -2.37. The maximum Gasteiger partial charge on any atom is 0.318 e. The molecule has 2 aliphatic rings. The molecule has 1 saturated heterocycles. The molecule has 0 spiro atoms. The third-order valence-corrected chi connectivity index (χ3v) is 6.42. The predicted molar refractivity (Wildman–Crippen MR) is 122 cm³/mol. The van der Waals surface area contributed by atoms with E-state index in [-0.39, 0.29) is 12.1 Å². The summed E-state index contributed by atoms with van der Waals surface area (Å²) in [5, 5.41) is 7.94. The Hall–Kier alpha value is -3.28. The minimum atomic E-state index is 0.0429. The number of amides is 2. The average molecular weight is 416 g/mol. The first-order valence-corrected chi connectivity index (χ1v) is 11.2. The first-order chi connectivity index (χ1) is 15.3. The van der Waals surface area contributed by atoms with Crippen molar-refractivity contribution < 1.29 is 4.79 Å². The number of urea groups is 1. The number of aromatic nitrogens is 2. The zero-order chi connectivity index (χ0) is 21.0. The van der Waals surface area contributed by atoms with E-state index < -0.39 is 0 Å². The fourth-order valence-corrected chi connectivity index (χ4v) is 4.71. The van der Waals surface area contributed by atoms with Crippen molar-refractivity contribution in [2.45, 2.75) is 31.8 Å². The summed E-state index contributed by atoms with van der Waals surface area (Å²) in [6, 6.07) is 20.9. The van der Waals surface area contributed by atoms with Gasteiger partial charge in [-0.15, -0.1) is 0 Å². The fraction of sp³-hybridized carbons (Fsp3) is 0.360. The maximum atomic E-state index is 13.0. The van der Waals surface area contributed by atoms with Gasteiger partial charge in [0.05, 0.1) is 18.8 Å². The Morgan fingerprint density at radius 3 is 2.42 bits per heavy atom. The third kappa shape index (κ3) is 4.29. The van der Waals surface area contributed by atoms with Gasteiger partial charge in [0.2, 0.25) is 0 Å². The number of carbonyl (C=O) groups is 1. The van der Waals surface area contributed by atoms with Crippen LogP contribution < -0.4 is 10.2 Å². The van der Waals surface area contributed by atoms with Gasteiger partial charge in [-0.05, 0) is 37.0 Å². The van der Waals surface area contributed by atoms with E-state index in [1.165, 1.54) is 22.5 Å². The van der Waals surface area contributed by atoms with Gasteiger partial charge in [0.1, 0.15) is 0 Å². The van der Waals surface area contributed by atoms with Gasteiger partial charge in [0.25, 0.3) is 0 Å². The second kappa shape index (κ2) is 8.84. The van der Waals surface area contributed by atoms with Gasteiger partial charge in [0.15, 0.2) is 0 Å². The number of nitrogens with one attached hydrogen (secondary N) is 1. The van der Waals surface area contributed by atoms with Crippen LogP contribution in [0.2, 0.25) is 0 Å². The molecule has 5 rings (SSSR count). The molecule has 6 nitrogen and oxygen atoms in total. The Morgan fingerprint density at radius 1 is 0.968 bits per heavy atom. The third-order valence-electron chi connectivity index (χ3n) is 6.42. The number of hydrogen-bond acceptors (Lipinski definition) is 3. The summed E-state index contributed by atoms with van der Waals surface area (Å²) < 4.78 is 2.10. The van der Waals surface area contributed by atoms with Gasteiger partial charge in [-0.25, -0.2) is 4.79 Å². The van der Waals surface area contributed by atoms with Crippen molar-refractivity contribution in [1.29, 1.82) is 0 Å². The molecular formula is C25H29N5O. The number of piperazine rings is 1. The van der Waals surface area contributed by atoms with E-state index >= 15 is 0 Å². The number of para-hydroxylation sites is 1. The SMILES string of the molecule is O=C(NC1CCCc2c1cnn2Cc1ccccc1)N1CCN(c2ccccc2)CC1. The summed E-state index contributed by atoms with van der Waals surface area (Å²) in [4.78, 5) is 17.3. The van der Waals surface area contributed by atoms with Gasteiger partial charge in [-0.1, -0.05) is 48.5 Å². The molecule has 2 heterocycles. The van der Waals surface area contributed by atoms with Crippen LogP contribution in [0, 0.1) is 0 Å². The van der Waals surface area contributed by atoms with Crippen molar-refractivity contribution >= 4 is 11.7 Å². The van der Waals surface area contributed by atoms with Crippen LogP contribution in [0.25, 0.3) is 0 Å². The second-order valence-corrected chi connectivity index (χ2v) is 8.39. The number of nitrogens with zero attached hydrogens (tertiary/aromatic N) is 4. The Balaban J connectivity index is 1.21. The molecule has 1 fully saturated rings. The van der Waals surface area contributed by atoms with Gasteiger partial charge >= 0.3 is 6.03 Å². The van der Waals surface area contributed by atoms with Crippen molar-refractivity contribution in [2.75, 3.05) is 31.1 Å². The Labute approximate surface area is 183 Å². The average Bonchev–Trinajstić information content (AvgIpc) is 3.24. The van der Waals surface area contributed by atoms with E-state index in [0.29, 0.717) is 0 Å². The Morgan fingerprint density at radius 2 is 1.68 bits per heavy atom. The van der Waals surface area contributed by atoms with E-state index in [1.54, 1.807) is 0 Å². The standard InChI is InChI=1S/C25H29N5O/c31-25(29-16-14-28(15-17-29)21-10-5-2-6-11-21)27-23-12-7-13-24-22(23)18-26-30(24)19-20-8-3-1-4-9-20/h1-6,8-11,18,23H,7,12-17,19H2,(H,27,31). The smallest absolute Gasteiger partial charge is 0.318 e. The van der Waals surface area contributed by atoms with E-state index in [0.717, 1.165) is 52.0 Å². The molecule has 1 atom stereocenters. The van der Waals surface area contributed by atoms with Gasteiger partial charge in [0, 0.05) is 43.1 Å². The van der Waals surface area contributed by atoms with Crippen LogP contribution >= 0.6 is 0 Å². The van der Waals surface area contributed by atoms with Crippen LogP contribution in [0.4, 0.5) is 10.5 Å². The molecule has 160 valence electrons. The molecule has 1 aliphatic carbocycles. The topological polar surface area (TPSA) is 53.4 Å². The number of rotatable bonds is 4. The van der Waals surface area contributed by atoms with Crippen molar-refractivity contribution in [3.05, 3.63) is 83.7 Å². The van der Waals surface area contributed by atoms with Crippen LogP contribution in [0.15, 0.2) is 66.9 Å². The van der Waals surface area contributed by atoms with Crippen molar-refractivity contribution in [2.24, 2.45) is 0 Å². The van der Waals surface area contributed by atoms with Gasteiger partial charge in [-0.2, -0.15) is 5.10 Å². The molecule has 3 aromatic rings. The molecule has 6 heteroatoms. The molecule has 2 aromatic carbocycles. The van der Waals surface area contributed by atoms with E-state index in [4.69, 9.17) is 0 Å². The molecule has 0 radical (unpaired) electrons. The quantitative estimate of drug-likeness (QED) is 0.704. The highest BCUT2D eigenvalue weighted by atomic mass is 16.2. The molecule has 31 heavy (non-hydrogen) atoms. The summed E-state index contributed by atoms with van der Waals surface area (Å²) in [6.07, 6.45) is 5.01. The van der Waals surface area contributed by atoms with E-state index in [9.17, 15) is 4.79 Å². The number of fused-ring (bicyclic) bond motifs is 1. The second-order valence-electron chi connectivity index (χ2n) is 8.39. The number of anilines is 1. The largest absolute Gasteiger partial charge is 0.368 e. The number of hydrogen-bond donors (Lipinski definition) is 1. The molecule has 1 unspecified atom stereocenters. The molecular weight excluding hydrogens is 386 g/mol. The fourth-order valence-electron chi connectivity index (χ4n) is 4.71. The monoisotopic (exact) mass is 415 g/mol. The molecule has 1 N–H and O–H groups in total. The van der Waals surface area contributed by atoms with Crippen molar-refractivity contribution in [3.8, 4) is 0 Å². The maximum absolute atomic E-state index is 13.0. The lowest BCUT2D eigenvalue weighted by Crippen LogP contribution is -2.52. The lowest BCUT2D eigenvalue weighted by molar-refractivity contribution is 0.189. The van der Waals surface area contributed by atoms with Crippen LogP contribution in [0.5, 0.6) is 0 Å². The first kappa shape index (κ1) is 19.7. The van der Waals surface area contributed by atoms with Crippen LogP contribution in [0.1, 0.15) is 35.7 Å². The lowest BCUT2D eigenvalue weighted by atomic mass is 9.93. The Kier molecular flexibility index (Phi) is 5.61. The number of carbonyl (C=O) groups excluding carboxylic acids is 1. The summed E-state index contributed by atoms with van der Waals surface area (Å²) in [5.74, 6) is 0. The molecule has 1 aliphatic heterocycles. The summed E-state index contributed by atoms with van der Waals surface area (Å²) in [6.45, 7) is 3.99. The minimum Gasteiger partial charge on any atom is -0.368 e. The molecule has 0 bridgehead atoms. The van der Waals surface area contributed by atoms with Gasteiger partial charge < -0.3 is 15.1 Å². The summed E-state index contributed by atoms with van der Waals surface area (Å²) >= 11 is 0. The van der Waals surface area contributed by atoms with Crippen LogP contribution in [-0.4, -0.2) is 46.9 Å². The van der Waals surface area contributed by atoms with Gasteiger partial charge in [-0.3, -0.25) is 4.68 Å². The molecule has 0 saturated carbocycles. The molecule has 1 aromatic heterocycles. The molecule has 2 amide bonds. The number of benzene rings is 2.